The summed E-state index contributed by atoms with van der Waals surface area (Å²) < 4.78 is 10.3. The van der Waals surface area contributed by atoms with Gasteiger partial charge in [0.15, 0.2) is 11.9 Å². The number of carbonyl (C=O) groups is 2. The Hall–Kier alpha value is -2.04. The zero-order valence-electron chi connectivity index (χ0n) is 10.7. The molecule has 0 fully saturated rings. The van der Waals surface area contributed by atoms with Gasteiger partial charge in [-0.25, -0.2) is 4.79 Å². The number of esters is 1. The third kappa shape index (κ3) is 3.48. The maximum absolute atomic E-state index is 11.4. The largest absolute Gasteiger partial charge is 0.478 e. The van der Waals surface area contributed by atoms with Crippen LogP contribution in [0, 0.1) is 0 Å². The molecule has 0 aromatic heterocycles. The van der Waals surface area contributed by atoms with Gasteiger partial charge in [0.1, 0.15) is 5.75 Å². The highest BCUT2D eigenvalue weighted by molar-refractivity contribution is 5.97. The van der Waals surface area contributed by atoms with Crippen LogP contribution in [-0.4, -0.2) is 24.5 Å². The average molecular weight is 251 g/mol. The molecular formula is C13H17NO4. The Labute approximate surface area is 106 Å². The molecule has 5 nitrogen and oxygen atoms in total. The van der Waals surface area contributed by atoms with E-state index in [1.807, 2.05) is 0 Å². The number of benzene rings is 1. The van der Waals surface area contributed by atoms with Crippen molar-refractivity contribution in [2.75, 3.05) is 12.3 Å². The van der Waals surface area contributed by atoms with Crippen molar-refractivity contribution in [3.05, 3.63) is 23.8 Å². The summed E-state index contributed by atoms with van der Waals surface area (Å²) in [7, 11) is 0. The van der Waals surface area contributed by atoms with Gasteiger partial charge in [-0.05, 0) is 39.0 Å². The Bertz CT molecular complexity index is 456. The van der Waals surface area contributed by atoms with Gasteiger partial charge >= 0.3 is 5.97 Å². The number of anilines is 1. The summed E-state index contributed by atoms with van der Waals surface area (Å²) in [4.78, 5) is 22.9. The fourth-order valence-corrected chi connectivity index (χ4v) is 1.42. The van der Waals surface area contributed by atoms with Gasteiger partial charge in [0.2, 0.25) is 0 Å². The number of ketones is 1. The van der Waals surface area contributed by atoms with Crippen molar-refractivity contribution in [3.8, 4) is 5.75 Å². The number of nitrogens with two attached hydrogens (primary N) is 1. The topological polar surface area (TPSA) is 78.6 Å². The molecule has 0 amide bonds. The fraction of sp³-hybridized carbons (Fsp3) is 0.385. The van der Waals surface area contributed by atoms with Gasteiger partial charge < -0.3 is 15.2 Å². The second kappa shape index (κ2) is 6.05. The Balaban J connectivity index is 2.90. The molecule has 5 heteroatoms. The van der Waals surface area contributed by atoms with E-state index in [1.165, 1.54) is 13.0 Å². The normalized spacial score (nSPS) is 11.7. The van der Waals surface area contributed by atoms with Crippen LogP contribution < -0.4 is 10.5 Å². The maximum atomic E-state index is 11.4. The van der Waals surface area contributed by atoms with E-state index in [0.29, 0.717) is 17.0 Å². The number of hydrogen-bond donors (Lipinski definition) is 1. The molecule has 0 aliphatic heterocycles. The molecule has 1 unspecified atom stereocenters. The second-order valence-corrected chi connectivity index (χ2v) is 3.82. The Morgan fingerprint density at radius 3 is 2.61 bits per heavy atom. The van der Waals surface area contributed by atoms with E-state index in [9.17, 15) is 9.59 Å². The highest BCUT2D eigenvalue weighted by Gasteiger charge is 2.18. The molecule has 0 aliphatic rings. The van der Waals surface area contributed by atoms with Crippen LogP contribution in [0.5, 0.6) is 5.75 Å². The van der Waals surface area contributed by atoms with Crippen molar-refractivity contribution in [2.45, 2.75) is 26.9 Å². The SMILES string of the molecule is CCOC(=O)C(C)Oc1ccc(N)cc1C(C)=O. The molecule has 0 heterocycles. The molecule has 0 saturated heterocycles. The van der Waals surface area contributed by atoms with Crippen LogP contribution in [0.3, 0.4) is 0 Å². The van der Waals surface area contributed by atoms with E-state index in [1.54, 1.807) is 26.0 Å². The number of rotatable bonds is 5. The first kappa shape index (κ1) is 14.0. The average Bonchev–Trinajstić information content (AvgIpc) is 2.31. The molecule has 0 aliphatic carbocycles. The summed E-state index contributed by atoms with van der Waals surface area (Å²) in [6.07, 6.45) is -0.772. The van der Waals surface area contributed by atoms with E-state index in [-0.39, 0.29) is 12.4 Å². The molecule has 0 spiro atoms. The number of carbonyl (C=O) groups excluding carboxylic acids is 2. The van der Waals surface area contributed by atoms with E-state index in [2.05, 4.69) is 0 Å². The third-order valence-electron chi connectivity index (χ3n) is 2.31. The van der Waals surface area contributed by atoms with Gasteiger partial charge in [0, 0.05) is 5.69 Å². The molecule has 1 aromatic rings. The molecule has 0 saturated carbocycles. The van der Waals surface area contributed by atoms with Crippen LogP contribution in [0.1, 0.15) is 31.1 Å². The van der Waals surface area contributed by atoms with E-state index in [4.69, 9.17) is 15.2 Å². The van der Waals surface area contributed by atoms with Gasteiger partial charge in [-0.3, -0.25) is 4.79 Å². The number of Topliss-reactive ketones (excluding diaryl/α,β-unsaturated/α-hetero) is 1. The molecule has 1 aromatic carbocycles. The predicted octanol–water partition coefficient (Wildman–Crippen LogP) is 1.80. The summed E-state index contributed by atoms with van der Waals surface area (Å²) in [5.74, 6) is -0.311. The third-order valence-corrected chi connectivity index (χ3v) is 2.31. The standard InChI is InChI=1S/C13H17NO4/c1-4-17-13(16)9(3)18-12-6-5-10(14)7-11(12)8(2)15/h5-7,9H,4,14H2,1-3H3. The monoisotopic (exact) mass is 251 g/mol. The van der Waals surface area contributed by atoms with Crippen LogP contribution in [0.25, 0.3) is 0 Å². The molecule has 18 heavy (non-hydrogen) atoms. The smallest absolute Gasteiger partial charge is 0.347 e. The lowest BCUT2D eigenvalue weighted by Gasteiger charge is -2.15. The highest BCUT2D eigenvalue weighted by Crippen LogP contribution is 2.23. The lowest BCUT2D eigenvalue weighted by molar-refractivity contribution is -0.150. The van der Waals surface area contributed by atoms with Crippen LogP contribution in [0.4, 0.5) is 5.69 Å². The van der Waals surface area contributed by atoms with Crippen LogP contribution in [0.15, 0.2) is 18.2 Å². The molecular weight excluding hydrogens is 234 g/mol. The Kier molecular flexibility index (Phi) is 4.71. The van der Waals surface area contributed by atoms with E-state index < -0.39 is 12.1 Å². The number of hydrogen-bond acceptors (Lipinski definition) is 5. The van der Waals surface area contributed by atoms with Gasteiger partial charge in [-0.1, -0.05) is 0 Å². The van der Waals surface area contributed by atoms with E-state index >= 15 is 0 Å². The second-order valence-electron chi connectivity index (χ2n) is 3.82. The first-order chi connectivity index (χ1) is 8.45. The number of ether oxygens (including phenoxy) is 2. The van der Waals surface area contributed by atoms with Gasteiger partial charge in [-0.15, -0.1) is 0 Å². The minimum absolute atomic E-state index is 0.173. The van der Waals surface area contributed by atoms with Gasteiger partial charge in [0.05, 0.1) is 12.2 Å². The van der Waals surface area contributed by atoms with Crippen molar-refractivity contribution in [3.63, 3.8) is 0 Å². The van der Waals surface area contributed by atoms with Crippen molar-refractivity contribution in [1.82, 2.24) is 0 Å². The van der Waals surface area contributed by atoms with Crippen LogP contribution >= 0.6 is 0 Å². The highest BCUT2D eigenvalue weighted by atomic mass is 16.6. The summed E-state index contributed by atoms with van der Waals surface area (Å²) in [5, 5.41) is 0. The van der Waals surface area contributed by atoms with Crippen molar-refractivity contribution in [1.29, 1.82) is 0 Å². The fourth-order valence-electron chi connectivity index (χ4n) is 1.42. The van der Waals surface area contributed by atoms with Gasteiger partial charge in [0.25, 0.3) is 0 Å². The summed E-state index contributed by atoms with van der Waals surface area (Å²) in [6, 6.07) is 4.71. The summed E-state index contributed by atoms with van der Waals surface area (Å²) in [6.45, 7) is 4.98. The molecule has 98 valence electrons. The van der Waals surface area contributed by atoms with Crippen LogP contribution in [0.2, 0.25) is 0 Å². The first-order valence-corrected chi connectivity index (χ1v) is 5.69. The van der Waals surface area contributed by atoms with Crippen LogP contribution in [-0.2, 0) is 9.53 Å². The minimum Gasteiger partial charge on any atom is -0.478 e. The summed E-state index contributed by atoms with van der Waals surface area (Å²) >= 11 is 0. The zero-order chi connectivity index (χ0) is 13.7. The van der Waals surface area contributed by atoms with Crippen molar-refractivity contribution >= 4 is 17.4 Å². The molecule has 0 radical (unpaired) electrons. The maximum Gasteiger partial charge on any atom is 0.347 e. The number of nitrogen functional groups attached to an aromatic ring is 1. The van der Waals surface area contributed by atoms with Crippen molar-refractivity contribution in [2.24, 2.45) is 0 Å². The zero-order valence-corrected chi connectivity index (χ0v) is 10.7. The lowest BCUT2D eigenvalue weighted by atomic mass is 10.1. The molecule has 1 atom stereocenters. The molecule has 0 bridgehead atoms. The summed E-state index contributed by atoms with van der Waals surface area (Å²) in [5.41, 5.74) is 6.43. The lowest BCUT2D eigenvalue weighted by Crippen LogP contribution is -2.26. The Morgan fingerprint density at radius 2 is 2.06 bits per heavy atom. The quantitative estimate of drug-likeness (QED) is 0.490. The van der Waals surface area contributed by atoms with Crippen molar-refractivity contribution < 1.29 is 19.1 Å². The predicted molar refractivity (Wildman–Crippen MR) is 67.6 cm³/mol. The Morgan fingerprint density at radius 1 is 1.39 bits per heavy atom. The van der Waals surface area contributed by atoms with Gasteiger partial charge in [-0.2, -0.15) is 0 Å². The minimum atomic E-state index is -0.772. The first-order valence-electron chi connectivity index (χ1n) is 5.69. The molecule has 2 N–H and O–H groups in total. The molecule has 1 rings (SSSR count). The van der Waals surface area contributed by atoms with E-state index in [0.717, 1.165) is 0 Å².